The number of hydrogen-bond acceptors (Lipinski definition) is 3. The summed E-state index contributed by atoms with van der Waals surface area (Å²) in [5.41, 5.74) is 1.80. The van der Waals surface area contributed by atoms with Crippen LogP contribution in [0.4, 0.5) is 15.8 Å². The van der Waals surface area contributed by atoms with Gasteiger partial charge in [-0.1, -0.05) is 18.5 Å². The van der Waals surface area contributed by atoms with Gasteiger partial charge in [0.05, 0.1) is 16.9 Å². The van der Waals surface area contributed by atoms with E-state index in [-0.39, 0.29) is 10.9 Å². The van der Waals surface area contributed by atoms with Crippen LogP contribution in [-0.2, 0) is 0 Å². The van der Waals surface area contributed by atoms with Gasteiger partial charge in [-0.25, -0.2) is 9.37 Å². The van der Waals surface area contributed by atoms with Gasteiger partial charge in [-0.05, 0) is 56.0 Å². The van der Waals surface area contributed by atoms with E-state index in [1.54, 1.807) is 12.3 Å². The summed E-state index contributed by atoms with van der Waals surface area (Å²) in [4.78, 5) is 19.0. The first-order chi connectivity index (χ1) is 12.1. The highest BCUT2D eigenvalue weighted by atomic mass is 35.5. The van der Waals surface area contributed by atoms with Crippen LogP contribution in [0, 0.1) is 5.82 Å². The summed E-state index contributed by atoms with van der Waals surface area (Å²) in [5.74, 6) is -0.867. The lowest BCUT2D eigenvalue weighted by Gasteiger charge is -2.37. The minimum absolute atomic E-state index is 0.0307. The number of nitrogens with zero attached hydrogens (tertiary/aromatic N) is 2. The van der Waals surface area contributed by atoms with E-state index >= 15 is 0 Å². The number of rotatable bonds is 4. The van der Waals surface area contributed by atoms with Gasteiger partial charge in [0.1, 0.15) is 11.5 Å². The predicted molar refractivity (Wildman–Crippen MR) is 98.9 cm³/mol. The molecule has 1 amide bonds. The Balaban J connectivity index is 1.70. The molecule has 6 heteroatoms. The quantitative estimate of drug-likeness (QED) is 0.842. The summed E-state index contributed by atoms with van der Waals surface area (Å²) in [5, 5.41) is 2.65. The second-order valence-corrected chi connectivity index (χ2v) is 6.64. The van der Waals surface area contributed by atoms with Crippen molar-refractivity contribution in [1.82, 2.24) is 4.98 Å². The molecule has 25 heavy (non-hydrogen) atoms. The van der Waals surface area contributed by atoms with E-state index in [1.165, 1.54) is 37.5 Å². The topological polar surface area (TPSA) is 45.2 Å². The zero-order valence-corrected chi connectivity index (χ0v) is 14.9. The van der Waals surface area contributed by atoms with Gasteiger partial charge < -0.3 is 10.2 Å². The number of carbonyl (C=O) groups is 1. The Labute approximate surface area is 152 Å². The first-order valence-electron chi connectivity index (χ1n) is 8.57. The van der Waals surface area contributed by atoms with Crippen LogP contribution in [0.1, 0.15) is 43.1 Å². The molecule has 0 spiro atoms. The molecule has 1 unspecified atom stereocenters. The van der Waals surface area contributed by atoms with E-state index < -0.39 is 5.82 Å². The molecule has 1 aliphatic rings. The Kier molecular flexibility index (Phi) is 5.53. The first kappa shape index (κ1) is 17.7. The monoisotopic (exact) mass is 361 g/mol. The second kappa shape index (κ2) is 7.83. The number of nitrogens with one attached hydrogen (secondary N) is 1. The fourth-order valence-electron chi connectivity index (χ4n) is 3.22. The Morgan fingerprint density at radius 3 is 2.88 bits per heavy atom. The van der Waals surface area contributed by atoms with Crippen LogP contribution in [0.25, 0.3) is 0 Å². The Morgan fingerprint density at radius 2 is 2.20 bits per heavy atom. The minimum atomic E-state index is -0.519. The second-order valence-electron chi connectivity index (χ2n) is 6.24. The fourth-order valence-corrected chi connectivity index (χ4v) is 3.40. The number of pyridine rings is 1. The average Bonchev–Trinajstić information content (AvgIpc) is 2.65. The van der Waals surface area contributed by atoms with Gasteiger partial charge in [-0.3, -0.25) is 4.79 Å². The van der Waals surface area contributed by atoms with Crippen LogP contribution in [-0.4, -0.2) is 23.5 Å². The molecule has 2 heterocycles. The maximum Gasteiger partial charge on any atom is 0.274 e. The van der Waals surface area contributed by atoms with Crippen molar-refractivity contribution in [2.75, 3.05) is 16.8 Å². The molecule has 1 aromatic carbocycles. The molecule has 0 aliphatic carbocycles. The number of carbonyl (C=O) groups excluding carboxylic acids is 1. The molecule has 0 saturated carbocycles. The van der Waals surface area contributed by atoms with Crippen molar-refractivity contribution in [3.05, 3.63) is 53.1 Å². The highest BCUT2D eigenvalue weighted by molar-refractivity contribution is 6.31. The van der Waals surface area contributed by atoms with E-state index in [2.05, 4.69) is 22.1 Å². The third kappa shape index (κ3) is 4.10. The highest BCUT2D eigenvalue weighted by Crippen LogP contribution is 2.26. The van der Waals surface area contributed by atoms with E-state index in [0.717, 1.165) is 18.7 Å². The van der Waals surface area contributed by atoms with Crippen LogP contribution in [0.5, 0.6) is 0 Å². The molecular formula is C19H21ClFN3O. The Morgan fingerprint density at radius 1 is 1.36 bits per heavy atom. The molecule has 0 bridgehead atoms. The maximum atomic E-state index is 13.2. The molecule has 132 valence electrons. The van der Waals surface area contributed by atoms with E-state index in [4.69, 9.17) is 11.6 Å². The number of hydrogen-bond donors (Lipinski definition) is 1. The van der Waals surface area contributed by atoms with Crippen LogP contribution in [0.15, 0.2) is 36.5 Å². The molecule has 1 fully saturated rings. The van der Waals surface area contributed by atoms with Gasteiger partial charge in [0, 0.05) is 18.3 Å². The zero-order chi connectivity index (χ0) is 17.8. The molecule has 1 atom stereocenters. The van der Waals surface area contributed by atoms with Crippen LogP contribution in [0.3, 0.4) is 0 Å². The minimum Gasteiger partial charge on any atom is -0.367 e. The molecule has 4 nitrogen and oxygen atoms in total. The number of amides is 1. The lowest BCUT2D eigenvalue weighted by molar-refractivity contribution is 0.102. The molecule has 1 saturated heterocycles. The Bertz CT molecular complexity index is 751. The SMILES string of the molecule is CCC1CCCCN1c1ccc(C(=O)Nc2ccc(F)c(Cl)c2)nc1. The molecule has 3 rings (SSSR count). The summed E-state index contributed by atoms with van der Waals surface area (Å²) in [6.45, 7) is 3.23. The molecule has 1 aromatic heterocycles. The molecule has 2 aromatic rings. The molecule has 0 radical (unpaired) electrons. The molecule has 1 N–H and O–H groups in total. The third-order valence-electron chi connectivity index (χ3n) is 4.59. The van der Waals surface area contributed by atoms with E-state index in [1.807, 2.05) is 6.07 Å². The van der Waals surface area contributed by atoms with E-state index in [0.29, 0.717) is 17.4 Å². The van der Waals surface area contributed by atoms with Crippen LogP contribution < -0.4 is 10.2 Å². The fraction of sp³-hybridized carbons (Fsp3) is 0.368. The van der Waals surface area contributed by atoms with Gasteiger partial charge in [0.15, 0.2) is 0 Å². The van der Waals surface area contributed by atoms with Gasteiger partial charge in [0.25, 0.3) is 5.91 Å². The molecular weight excluding hydrogens is 341 g/mol. The van der Waals surface area contributed by atoms with Crippen molar-refractivity contribution >= 4 is 28.9 Å². The van der Waals surface area contributed by atoms with Gasteiger partial charge in [-0.15, -0.1) is 0 Å². The largest absolute Gasteiger partial charge is 0.367 e. The summed E-state index contributed by atoms with van der Waals surface area (Å²) in [7, 11) is 0. The number of anilines is 2. The summed E-state index contributed by atoms with van der Waals surface area (Å²) >= 11 is 5.73. The Hall–Kier alpha value is -2.14. The predicted octanol–water partition coefficient (Wildman–Crippen LogP) is 4.90. The van der Waals surface area contributed by atoms with Crippen molar-refractivity contribution < 1.29 is 9.18 Å². The maximum absolute atomic E-state index is 13.2. The third-order valence-corrected chi connectivity index (χ3v) is 4.88. The normalized spacial score (nSPS) is 17.4. The lowest BCUT2D eigenvalue weighted by Crippen LogP contribution is -2.39. The van der Waals surface area contributed by atoms with Crippen molar-refractivity contribution in [3.63, 3.8) is 0 Å². The van der Waals surface area contributed by atoms with Crippen LogP contribution >= 0.6 is 11.6 Å². The van der Waals surface area contributed by atoms with Crippen LogP contribution in [0.2, 0.25) is 5.02 Å². The van der Waals surface area contributed by atoms with Gasteiger partial charge in [0.2, 0.25) is 0 Å². The smallest absolute Gasteiger partial charge is 0.274 e. The van der Waals surface area contributed by atoms with Crippen molar-refractivity contribution in [3.8, 4) is 0 Å². The van der Waals surface area contributed by atoms with Crippen molar-refractivity contribution in [2.45, 2.75) is 38.6 Å². The first-order valence-corrected chi connectivity index (χ1v) is 8.95. The number of benzene rings is 1. The highest BCUT2D eigenvalue weighted by Gasteiger charge is 2.21. The van der Waals surface area contributed by atoms with E-state index in [9.17, 15) is 9.18 Å². The summed E-state index contributed by atoms with van der Waals surface area (Å²) in [6.07, 6.45) is 6.51. The lowest BCUT2D eigenvalue weighted by atomic mass is 9.99. The van der Waals surface area contributed by atoms with Gasteiger partial charge in [-0.2, -0.15) is 0 Å². The van der Waals surface area contributed by atoms with Crippen molar-refractivity contribution in [1.29, 1.82) is 0 Å². The molecule has 1 aliphatic heterocycles. The summed E-state index contributed by atoms with van der Waals surface area (Å²) in [6, 6.07) is 8.26. The number of halogens is 2. The summed E-state index contributed by atoms with van der Waals surface area (Å²) < 4.78 is 13.2. The zero-order valence-electron chi connectivity index (χ0n) is 14.1. The van der Waals surface area contributed by atoms with Gasteiger partial charge >= 0.3 is 0 Å². The number of piperidine rings is 1. The average molecular weight is 362 g/mol. The standard InChI is InChI=1S/C19H21ClFN3O/c1-2-14-5-3-4-10-24(14)15-7-9-18(22-12-15)19(25)23-13-6-8-17(21)16(20)11-13/h6-9,11-12,14H,2-5,10H2,1H3,(H,23,25). The number of aromatic nitrogens is 1. The van der Waals surface area contributed by atoms with Crippen molar-refractivity contribution in [2.24, 2.45) is 0 Å².